The zero-order chi connectivity index (χ0) is 36.0. The van der Waals surface area contributed by atoms with Crippen molar-refractivity contribution < 1.29 is 0 Å². The molecule has 54 heavy (non-hydrogen) atoms. The van der Waals surface area contributed by atoms with Gasteiger partial charge in [-0.3, -0.25) is 0 Å². The largest absolute Gasteiger partial charge is 0.354 e. The van der Waals surface area contributed by atoms with Crippen LogP contribution in [0.25, 0.3) is 75.4 Å². The fraction of sp³-hybridized carbons (Fsp3) is 0.0588. The van der Waals surface area contributed by atoms with E-state index in [4.69, 9.17) is 0 Å². The molecule has 0 bridgehead atoms. The monoisotopic (exact) mass is 708 g/mol. The van der Waals surface area contributed by atoms with Crippen LogP contribution in [0, 0.1) is 0 Å². The molecule has 0 atom stereocenters. The second-order valence-electron chi connectivity index (χ2n) is 15.0. The molecule has 2 heterocycles. The fourth-order valence-electron chi connectivity index (χ4n) is 8.95. The number of hydrogen-bond acceptors (Lipinski definition) is 2. The summed E-state index contributed by atoms with van der Waals surface area (Å²) >= 11 is 1.88. The number of benzene rings is 8. The van der Waals surface area contributed by atoms with Crippen molar-refractivity contribution in [3.63, 3.8) is 0 Å². The number of nitrogens with one attached hydrogen (secondary N) is 1. The van der Waals surface area contributed by atoms with E-state index in [1.807, 2.05) is 11.3 Å². The van der Waals surface area contributed by atoms with Gasteiger partial charge in [0, 0.05) is 70.1 Å². The van der Waals surface area contributed by atoms with Gasteiger partial charge in [-0.25, -0.2) is 0 Å². The van der Waals surface area contributed by atoms with Gasteiger partial charge in [0.05, 0.1) is 5.52 Å². The Labute approximate surface area is 318 Å². The molecule has 3 heteroatoms. The summed E-state index contributed by atoms with van der Waals surface area (Å²) in [5, 5.41) is 5.08. The number of H-pyrrole nitrogens is 1. The van der Waals surface area contributed by atoms with Crippen LogP contribution in [0.3, 0.4) is 0 Å². The molecule has 1 N–H and O–H groups in total. The summed E-state index contributed by atoms with van der Waals surface area (Å²) in [6.45, 7) is 4.71. The van der Waals surface area contributed by atoms with Gasteiger partial charge in [-0.15, -0.1) is 11.3 Å². The molecular formula is C51H36N2S. The highest BCUT2D eigenvalue weighted by Crippen LogP contribution is 2.51. The average Bonchev–Trinajstić information content (AvgIpc) is 3.86. The smallest absolute Gasteiger partial charge is 0.0545 e. The number of anilines is 3. The van der Waals surface area contributed by atoms with Gasteiger partial charge in [0.25, 0.3) is 0 Å². The molecule has 0 unspecified atom stereocenters. The summed E-state index contributed by atoms with van der Waals surface area (Å²) < 4.78 is 2.65. The Morgan fingerprint density at radius 1 is 0.444 bits per heavy atom. The van der Waals surface area contributed by atoms with Gasteiger partial charge in [0.2, 0.25) is 0 Å². The van der Waals surface area contributed by atoms with Crippen molar-refractivity contribution >= 4 is 70.4 Å². The van der Waals surface area contributed by atoms with Gasteiger partial charge in [-0.1, -0.05) is 141 Å². The molecule has 256 valence electrons. The van der Waals surface area contributed by atoms with Crippen molar-refractivity contribution in [2.45, 2.75) is 19.3 Å². The van der Waals surface area contributed by atoms with Crippen LogP contribution in [-0.2, 0) is 5.41 Å². The lowest BCUT2D eigenvalue weighted by molar-refractivity contribution is 0.660. The van der Waals surface area contributed by atoms with Crippen molar-refractivity contribution in [3.05, 3.63) is 187 Å². The predicted molar refractivity (Wildman–Crippen MR) is 232 cm³/mol. The molecule has 0 radical (unpaired) electrons. The molecule has 8 aromatic carbocycles. The lowest BCUT2D eigenvalue weighted by Crippen LogP contribution is -2.16. The maximum absolute atomic E-state index is 3.86. The molecule has 0 saturated carbocycles. The Kier molecular flexibility index (Phi) is 6.80. The van der Waals surface area contributed by atoms with Crippen LogP contribution in [0.2, 0.25) is 0 Å². The van der Waals surface area contributed by atoms with Crippen molar-refractivity contribution in [2.75, 3.05) is 4.90 Å². The molecule has 1 aliphatic rings. The molecule has 2 aromatic heterocycles. The van der Waals surface area contributed by atoms with Gasteiger partial charge in [0.1, 0.15) is 0 Å². The second kappa shape index (κ2) is 11.8. The summed E-state index contributed by atoms with van der Waals surface area (Å²) in [5.74, 6) is 0. The van der Waals surface area contributed by atoms with E-state index >= 15 is 0 Å². The maximum atomic E-state index is 3.86. The number of nitrogens with zero attached hydrogens (tertiary/aromatic N) is 1. The van der Waals surface area contributed by atoms with E-state index < -0.39 is 0 Å². The van der Waals surface area contributed by atoms with Gasteiger partial charge in [-0.2, -0.15) is 0 Å². The van der Waals surface area contributed by atoms with E-state index in [9.17, 15) is 0 Å². The molecule has 0 saturated heterocycles. The van der Waals surface area contributed by atoms with Gasteiger partial charge in [0.15, 0.2) is 0 Å². The first-order chi connectivity index (χ1) is 26.5. The fourth-order valence-corrected chi connectivity index (χ4v) is 10.2. The molecule has 0 fully saturated rings. The number of rotatable bonds is 5. The molecular weight excluding hydrogens is 673 g/mol. The van der Waals surface area contributed by atoms with Crippen LogP contribution in [0.15, 0.2) is 176 Å². The van der Waals surface area contributed by atoms with E-state index in [1.165, 1.54) is 81.0 Å². The number of para-hydroxylation sites is 1. The Bertz CT molecular complexity index is 3070. The van der Waals surface area contributed by atoms with E-state index in [0.717, 1.165) is 22.6 Å². The third-order valence-electron chi connectivity index (χ3n) is 11.6. The SMILES string of the molecule is CC1(C)c2ccccc2-c2ccc(N(c3ccc(-c4ccccc4)cc3)c3ccc4[nH]c5c(-c6cccc7c6sc6ccccc67)cccc5c4c3)cc21. The number of aromatic nitrogens is 1. The van der Waals surface area contributed by atoms with Crippen LogP contribution < -0.4 is 4.90 Å². The minimum atomic E-state index is -0.0980. The lowest BCUT2D eigenvalue weighted by Gasteiger charge is -2.28. The Hall–Kier alpha value is -6.42. The molecule has 0 amide bonds. The van der Waals surface area contributed by atoms with Crippen molar-refractivity contribution in [2.24, 2.45) is 0 Å². The highest BCUT2D eigenvalue weighted by molar-refractivity contribution is 7.26. The second-order valence-corrected chi connectivity index (χ2v) is 16.1. The zero-order valence-corrected chi connectivity index (χ0v) is 30.9. The zero-order valence-electron chi connectivity index (χ0n) is 30.1. The van der Waals surface area contributed by atoms with Crippen LogP contribution in [0.1, 0.15) is 25.0 Å². The third kappa shape index (κ3) is 4.65. The van der Waals surface area contributed by atoms with Crippen LogP contribution >= 0.6 is 11.3 Å². The number of thiophene rings is 1. The van der Waals surface area contributed by atoms with E-state index in [-0.39, 0.29) is 5.41 Å². The van der Waals surface area contributed by atoms with Crippen LogP contribution in [-0.4, -0.2) is 4.98 Å². The summed E-state index contributed by atoms with van der Waals surface area (Å²) in [4.78, 5) is 6.28. The average molecular weight is 709 g/mol. The third-order valence-corrected chi connectivity index (χ3v) is 12.8. The summed E-state index contributed by atoms with van der Waals surface area (Å²) in [6.07, 6.45) is 0. The quantitative estimate of drug-likeness (QED) is 0.189. The normalized spacial score (nSPS) is 13.1. The van der Waals surface area contributed by atoms with Crippen molar-refractivity contribution in [1.29, 1.82) is 0 Å². The first-order valence-corrected chi connectivity index (χ1v) is 19.5. The minimum Gasteiger partial charge on any atom is -0.354 e. The summed E-state index contributed by atoms with van der Waals surface area (Å²) in [5.41, 5.74) is 16.0. The maximum Gasteiger partial charge on any atom is 0.0545 e. The first-order valence-electron chi connectivity index (χ1n) is 18.7. The topological polar surface area (TPSA) is 19.0 Å². The Morgan fingerprint density at radius 3 is 1.94 bits per heavy atom. The Morgan fingerprint density at radius 2 is 1.07 bits per heavy atom. The van der Waals surface area contributed by atoms with Crippen LogP contribution in [0.4, 0.5) is 17.1 Å². The standard InChI is InChI=1S/C51H36N2S/c1-51(2)45-20-8-6-14-37(45)38-28-26-36(31-46(38)51)53(34-24-22-33(23-25-34)32-12-4-3-5-13-32)35-27-29-47-44(30-35)41-17-10-16-40(49(41)52-47)43-19-11-18-42-39-15-7-9-21-48(39)54-50(42)43/h3-31,52H,1-2H3. The number of fused-ring (bicyclic) bond motifs is 9. The molecule has 10 aromatic rings. The molecule has 0 aliphatic heterocycles. The van der Waals surface area contributed by atoms with Crippen molar-refractivity contribution in [3.8, 4) is 33.4 Å². The van der Waals surface area contributed by atoms with E-state index in [2.05, 4.69) is 200 Å². The van der Waals surface area contributed by atoms with E-state index in [1.54, 1.807) is 0 Å². The van der Waals surface area contributed by atoms with Gasteiger partial charge < -0.3 is 9.88 Å². The highest BCUT2D eigenvalue weighted by Gasteiger charge is 2.35. The summed E-state index contributed by atoms with van der Waals surface area (Å²) in [7, 11) is 0. The first kappa shape index (κ1) is 31.1. The van der Waals surface area contributed by atoms with E-state index in [0.29, 0.717) is 0 Å². The minimum absolute atomic E-state index is 0.0980. The van der Waals surface area contributed by atoms with Gasteiger partial charge >= 0.3 is 0 Å². The number of hydrogen-bond donors (Lipinski definition) is 1. The Balaban J connectivity index is 1.08. The molecule has 11 rings (SSSR count). The lowest BCUT2D eigenvalue weighted by atomic mass is 9.82. The summed E-state index contributed by atoms with van der Waals surface area (Å²) in [6, 6.07) is 64.7. The predicted octanol–water partition coefficient (Wildman–Crippen LogP) is 14.8. The molecule has 1 aliphatic carbocycles. The number of aromatic amines is 1. The molecule has 2 nitrogen and oxygen atoms in total. The van der Waals surface area contributed by atoms with Crippen LogP contribution in [0.5, 0.6) is 0 Å². The van der Waals surface area contributed by atoms with Crippen molar-refractivity contribution in [1.82, 2.24) is 4.98 Å². The molecule has 0 spiro atoms. The van der Waals surface area contributed by atoms with Gasteiger partial charge in [-0.05, 0) is 81.9 Å². The highest BCUT2D eigenvalue weighted by atomic mass is 32.1.